The van der Waals surface area contributed by atoms with E-state index >= 15 is 0 Å². The van der Waals surface area contributed by atoms with Crippen molar-refractivity contribution in [3.05, 3.63) is 34.4 Å². The van der Waals surface area contributed by atoms with Crippen molar-refractivity contribution in [1.82, 2.24) is 5.32 Å². The molecule has 0 aromatic carbocycles. The van der Waals surface area contributed by atoms with Gasteiger partial charge in [0, 0.05) is 37.3 Å². The molecule has 282 valence electrons. The lowest BCUT2D eigenvalue weighted by molar-refractivity contribution is -0.227. The topological polar surface area (TPSA) is 220 Å². The Balaban J connectivity index is 0.929. The molecule has 0 unspecified atom stereocenters. The number of unbranched alkanes of at least 4 members (excludes halogenated alkanes) is 3. The number of aliphatic imine (C=N–C) groups is 1. The number of amides is 1. The molecule has 1 aromatic rings. The van der Waals surface area contributed by atoms with Crippen molar-refractivity contribution in [3.63, 3.8) is 0 Å². The predicted molar refractivity (Wildman–Crippen MR) is 187 cm³/mol. The molecule has 51 heavy (non-hydrogen) atoms. The van der Waals surface area contributed by atoms with Gasteiger partial charge >= 0.3 is 17.6 Å². The third kappa shape index (κ3) is 7.04. The fraction of sp³-hybridized carbons (Fsp3) is 0.763. The average molecular weight is 713 g/mol. The molecule has 2 heterocycles. The van der Waals surface area contributed by atoms with Crippen molar-refractivity contribution in [3.8, 4) is 0 Å². The van der Waals surface area contributed by atoms with E-state index in [9.17, 15) is 29.4 Å². The lowest BCUT2D eigenvalue weighted by Crippen LogP contribution is -2.65. The molecule has 0 radical (unpaired) electrons. The molecule has 1 saturated heterocycles. The van der Waals surface area contributed by atoms with Gasteiger partial charge in [0.1, 0.15) is 17.7 Å². The highest BCUT2D eigenvalue weighted by atomic mass is 16.6. The highest BCUT2D eigenvalue weighted by Gasteiger charge is 2.81. The minimum Gasteiger partial charge on any atom is -0.480 e. The lowest BCUT2D eigenvalue weighted by atomic mass is 9.42. The number of rotatable bonds is 15. The van der Waals surface area contributed by atoms with Crippen LogP contribution in [-0.2, 0) is 23.9 Å². The number of carbonyl (C=O) groups excluding carboxylic acids is 2. The minimum atomic E-state index is -1.10. The number of hydrogen-bond acceptors (Lipinski definition) is 9. The third-order valence-corrected chi connectivity index (χ3v) is 13.7. The summed E-state index contributed by atoms with van der Waals surface area (Å²) in [7, 11) is 0. The predicted octanol–water partition coefficient (Wildman–Crippen LogP) is 3.89. The summed E-state index contributed by atoms with van der Waals surface area (Å²) in [6, 6.07) is 2.44. The maximum Gasteiger partial charge on any atom is 0.335 e. The molecular formula is C38H56N4O9. The van der Waals surface area contributed by atoms with Gasteiger partial charge in [-0.15, -0.1) is 0 Å². The second-order valence-corrected chi connectivity index (χ2v) is 16.4. The molecule has 5 fully saturated rings. The first kappa shape index (κ1) is 37.3. The first-order valence-electron chi connectivity index (χ1n) is 19.0. The van der Waals surface area contributed by atoms with Gasteiger partial charge in [-0.3, -0.25) is 14.6 Å². The summed E-state index contributed by atoms with van der Waals surface area (Å²) < 4.78 is 17.9. The summed E-state index contributed by atoms with van der Waals surface area (Å²) in [6.07, 6.45) is 11.9. The number of nitrogens with zero attached hydrogens (tertiary/aromatic N) is 1. The molecule has 5 aliphatic rings. The number of nitrogens with two attached hydrogens (primary N) is 2. The van der Waals surface area contributed by atoms with E-state index in [2.05, 4.69) is 24.2 Å². The number of guanidine groups is 1. The van der Waals surface area contributed by atoms with Crippen molar-refractivity contribution in [1.29, 1.82) is 0 Å². The van der Waals surface area contributed by atoms with Gasteiger partial charge < -0.3 is 40.9 Å². The van der Waals surface area contributed by atoms with E-state index in [4.69, 9.17) is 25.4 Å². The number of nitrogens with one attached hydrogen (secondary N) is 1. The Morgan fingerprint density at radius 2 is 1.73 bits per heavy atom. The second kappa shape index (κ2) is 14.5. The zero-order valence-corrected chi connectivity index (χ0v) is 30.1. The maximum atomic E-state index is 12.8. The van der Waals surface area contributed by atoms with Crippen LogP contribution < -0.4 is 22.4 Å². The van der Waals surface area contributed by atoms with E-state index < -0.39 is 17.6 Å². The molecule has 4 saturated carbocycles. The number of ether oxygens (including phenoxy) is 2. The Morgan fingerprint density at radius 3 is 2.43 bits per heavy atom. The molecule has 6 rings (SSSR count). The number of aliphatic hydroxyl groups is 1. The van der Waals surface area contributed by atoms with Gasteiger partial charge in [0.25, 0.3) is 0 Å². The Kier molecular flexibility index (Phi) is 10.6. The van der Waals surface area contributed by atoms with E-state index in [0.717, 1.165) is 56.9 Å². The summed E-state index contributed by atoms with van der Waals surface area (Å²) >= 11 is 0. The highest BCUT2D eigenvalue weighted by Crippen LogP contribution is 2.78. The smallest absolute Gasteiger partial charge is 0.335 e. The van der Waals surface area contributed by atoms with Crippen molar-refractivity contribution in [2.75, 3.05) is 6.54 Å². The van der Waals surface area contributed by atoms with Crippen LogP contribution >= 0.6 is 0 Å². The maximum absolute atomic E-state index is 12.8. The quantitative estimate of drug-likeness (QED) is 0.0577. The van der Waals surface area contributed by atoms with Crippen LogP contribution in [0.25, 0.3) is 0 Å². The molecule has 13 nitrogen and oxygen atoms in total. The van der Waals surface area contributed by atoms with Crippen LogP contribution in [-0.4, -0.2) is 70.0 Å². The van der Waals surface area contributed by atoms with Crippen molar-refractivity contribution in [2.45, 2.75) is 152 Å². The summed E-state index contributed by atoms with van der Waals surface area (Å²) in [5.74, 6) is -0.757. The third-order valence-electron chi connectivity index (χ3n) is 13.7. The molecule has 1 amide bonds. The Morgan fingerprint density at radius 1 is 1.00 bits per heavy atom. The summed E-state index contributed by atoms with van der Waals surface area (Å²) in [4.78, 5) is 52.1. The van der Waals surface area contributed by atoms with Gasteiger partial charge in [0.2, 0.25) is 5.91 Å². The highest BCUT2D eigenvalue weighted by molar-refractivity contribution is 5.83. The first-order chi connectivity index (χ1) is 24.2. The first-order valence-corrected chi connectivity index (χ1v) is 19.0. The molecule has 0 bridgehead atoms. The van der Waals surface area contributed by atoms with Crippen LogP contribution in [0.5, 0.6) is 0 Å². The molecule has 4 aliphatic carbocycles. The number of fused-ring (bicyclic) bond motifs is 3. The second-order valence-electron chi connectivity index (χ2n) is 16.4. The summed E-state index contributed by atoms with van der Waals surface area (Å²) in [6.45, 7) is 4.92. The number of carboxylic acid groups (broad SMARTS) is 1. The van der Waals surface area contributed by atoms with Crippen LogP contribution in [0.15, 0.2) is 32.6 Å². The molecule has 1 aliphatic heterocycles. The van der Waals surface area contributed by atoms with E-state index in [1.807, 2.05) is 6.07 Å². The van der Waals surface area contributed by atoms with E-state index in [1.165, 1.54) is 6.07 Å². The van der Waals surface area contributed by atoms with Crippen LogP contribution in [0.1, 0.15) is 128 Å². The van der Waals surface area contributed by atoms with Crippen LogP contribution in [0, 0.1) is 22.7 Å². The number of epoxide rings is 1. The van der Waals surface area contributed by atoms with Gasteiger partial charge in [0.15, 0.2) is 5.96 Å². The summed E-state index contributed by atoms with van der Waals surface area (Å²) in [5.41, 5.74) is 9.86. The van der Waals surface area contributed by atoms with Gasteiger partial charge in [-0.25, -0.2) is 9.59 Å². The summed E-state index contributed by atoms with van der Waals surface area (Å²) in [5, 5.41) is 24.2. The standard InChI is InChI=1S/C38H56N4O9/c1-35-16-13-24(50-32(45)10-6-4-3-5-9-30(43)42-28(33(46)47)8-7-19-41-34(39)40)21-37(35,48)18-15-26-25(35)14-17-36(2)27(20-29-38(26,36)51-29)23-11-12-31(44)49-22-23/h11-12,22,24-29,48H,3-10,13-21H2,1-2H3,(H,42,43)(H,46,47)(H4,39,40,41)/t24-,25-,26+,27+,28-,29+,35+,36+,37-,38+/m0/s1. The van der Waals surface area contributed by atoms with Crippen molar-refractivity contribution in [2.24, 2.45) is 39.1 Å². The minimum absolute atomic E-state index is 0.0517. The van der Waals surface area contributed by atoms with E-state index in [-0.39, 0.29) is 77.3 Å². The number of carboxylic acids is 1. The van der Waals surface area contributed by atoms with Gasteiger partial charge in [-0.2, -0.15) is 0 Å². The molecule has 13 heteroatoms. The average Bonchev–Trinajstić information content (AvgIpc) is 3.73. The Bertz CT molecular complexity index is 1540. The monoisotopic (exact) mass is 712 g/mol. The van der Waals surface area contributed by atoms with Gasteiger partial charge in [-0.05, 0) is 105 Å². The van der Waals surface area contributed by atoms with Crippen LogP contribution in [0.2, 0.25) is 0 Å². The van der Waals surface area contributed by atoms with Gasteiger partial charge in [0.05, 0.1) is 18.0 Å². The normalized spacial score (nSPS) is 36.7. The lowest BCUT2D eigenvalue weighted by Gasteiger charge is -2.64. The largest absolute Gasteiger partial charge is 0.480 e. The van der Waals surface area contributed by atoms with E-state index in [1.54, 1.807) is 6.26 Å². The molecule has 7 N–H and O–H groups in total. The number of esters is 1. The zero-order valence-electron chi connectivity index (χ0n) is 30.1. The molecule has 1 aromatic heterocycles. The number of hydrogen-bond donors (Lipinski definition) is 5. The fourth-order valence-corrected chi connectivity index (χ4v) is 11.0. The fourth-order valence-electron chi connectivity index (χ4n) is 11.0. The van der Waals surface area contributed by atoms with Crippen LogP contribution in [0.4, 0.5) is 0 Å². The SMILES string of the molecule is C[C@]12CC[C@H](OC(=O)CCCCCCC(=O)N[C@@H](CCCN=C(N)N)C(=O)O)C[C@@]1(O)CC[C@@H]1[C@@H]2CC[C@]2(C)[C@@H](c3ccc(=O)oc3)C[C@H]3O[C@]132. The number of carbonyl (C=O) groups is 3. The van der Waals surface area contributed by atoms with Crippen molar-refractivity contribution < 1.29 is 38.5 Å². The van der Waals surface area contributed by atoms with Gasteiger partial charge in [-0.1, -0.05) is 26.7 Å². The number of aliphatic carboxylic acids is 1. The molecular weight excluding hydrogens is 656 g/mol. The molecule has 1 spiro atoms. The molecule has 10 atom stereocenters. The Labute approximate surface area is 299 Å². The van der Waals surface area contributed by atoms with Crippen molar-refractivity contribution >= 4 is 23.8 Å². The van der Waals surface area contributed by atoms with Crippen LogP contribution in [0.3, 0.4) is 0 Å². The van der Waals surface area contributed by atoms with E-state index in [0.29, 0.717) is 50.5 Å². The Hall–Kier alpha value is -3.45. The zero-order chi connectivity index (χ0) is 36.6.